The summed E-state index contributed by atoms with van der Waals surface area (Å²) in [4.78, 5) is 11.1. The highest BCUT2D eigenvalue weighted by atomic mass is 16.5. The van der Waals surface area contributed by atoms with Crippen LogP contribution < -0.4 is 5.32 Å². The lowest BCUT2D eigenvalue weighted by Gasteiger charge is -2.10. The van der Waals surface area contributed by atoms with E-state index in [1.165, 1.54) is 0 Å². The lowest BCUT2D eigenvalue weighted by Crippen LogP contribution is -2.13. The molecule has 0 aliphatic carbocycles. The molecule has 16 heavy (non-hydrogen) atoms. The van der Waals surface area contributed by atoms with Gasteiger partial charge < -0.3 is 10.1 Å². The van der Waals surface area contributed by atoms with Crippen molar-refractivity contribution in [3.8, 4) is 0 Å². The molecular weight excluding hydrogens is 202 g/mol. The molecule has 3 nitrogen and oxygen atoms in total. The van der Waals surface area contributed by atoms with Gasteiger partial charge in [-0.3, -0.25) is 4.79 Å². The largest absolute Gasteiger partial charge is 0.385 e. The van der Waals surface area contributed by atoms with Crippen molar-refractivity contribution in [1.29, 1.82) is 0 Å². The van der Waals surface area contributed by atoms with E-state index in [0.717, 1.165) is 37.4 Å². The minimum Gasteiger partial charge on any atom is -0.385 e. The number of carbonyl (C=O) groups is 1. The monoisotopic (exact) mass is 219 g/mol. The predicted octanol–water partition coefficient (Wildman–Crippen LogP) is 2.34. The number of ether oxygens (including phenoxy) is 1. The van der Waals surface area contributed by atoms with Crippen molar-refractivity contribution in [1.82, 2.24) is 0 Å². The first-order valence-electron chi connectivity index (χ1n) is 5.68. The van der Waals surface area contributed by atoms with Gasteiger partial charge in [0, 0.05) is 30.3 Å². The quantitative estimate of drug-likeness (QED) is 0.790. The molecule has 1 aliphatic heterocycles. The third-order valence-corrected chi connectivity index (χ3v) is 2.91. The molecule has 3 heteroatoms. The molecule has 0 spiro atoms. The lowest BCUT2D eigenvalue weighted by atomic mass is 10.1. The van der Waals surface area contributed by atoms with Crippen LogP contribution in [-0.4, -0.2) is 25.5 Å². The standard InChI is InChI=1S/C13H17NO2/c1-10(15)12-2-4-13(5-3-12)14-8-11-6-7-16-9-11/h2-5,11,14H,6-9H2,1H3. The number of benzene rings is 1. The van der Waals surface area contributed by atoms with E-state index in [1.807, 2.05) is 24.3 Å². The SMILES string of the molecule is CC(=O)c1ccc(NCC2CCOC2)cc1. The number of Topliss-reactive ketones (excluding diaryl/α,β-unsaturated/α-hetero) is 1. The minimum absolute atomic E-state index is 0.107. The number of carbonyl (C=O) groups excluding carboxylic acids is 1. The van der Waals surface area contributed by atoms with Crippen LogP contribution in [0.4, 0.5) is 5.69 Å². The van der Waals surface area contributed by atoms with Gasteiger partial charge in [-0.25, -0.2) is 0 Å². The summed E-state index contributed by atoms with van der Waals surface area (Å²) in [6.07, 6.45) is 1.14. The minimum atomic E-state index is 0.107. The number of rotatable bonds is 4. The van der Waals surface area contributed by atoms with Crippen molar-refractivity contribution in [3.05, 3.63) is 29.8 Å². The molecule has 1 aliphatic rings. The summed E-state index contributed by atoms with van der Waals surface area (Å²) in [7, 11) is 0. The zero-order valence-electron chi connectivity index (χ0n) is 9.53. The first kappa shape index (κ1) is 11.1. The molecule has 1 fully saturated rings. The second-order valence-electron chi connectivity index (χ2n) is 4.24. The topological polar surface area (TPSA) is 38.3 Å². The predicted molar refractivity (Wildman–Crippen MR) is 63.9 cm³/mol. The van der Waals surface area contributed by atoms with Gasteiger partial charge in [-0.1, -0.05) is 0 Å². The van der Waals surface area contributed by atoms with Crippen molar-refractivity contribution in [2.45, 2.75) is 13.3 Å². The van der Waals surface area contributed by atoms with Crippen molar-refractivity contribution >= 4 is 11.5 Å². The Morgan fingerprint density at radius 2 is 2.19 bits per heavy atom. The normalized spacial score (nSPS) is 19.7. The zero-order chi connectivity index (χ0) is 11.4. The van der Waals surface area contributed by atoms with Gasteiger partial charge in [-0.05, 0) is 37.6 Å². The maximum atomic E-state index is 11.1. The van der Waals surface area contributed by atoms with Crippen LogP contribution in [0.5, 0.6) is 0 Å². The van der Waals surface area contributed by atoms with Crippen LogP contribution >= 0.6 is 0 Å². The fourth-order valence-electron chi connectivity index (χ4n) is 1.83. The van der Waals surface area contributed by atoms with Crippen molar-refractivity contribution < 1.29 is 9.53 Å². The second kappa shape index (κ2) is 5.12. The highest BCUT2D eigenvalue weighted by Crippen LogP contribution is 2.15. The third kappa shape index (κ3) is 2.83. The molecular formula is C13H17NO2. The molecule has 0 saturated carbocycles. The van der Waals surface area contributed by atoms with E-state index in [0.29, 0.717) is 5.92 Å². The molecule has 1 aromatic rings. The maximum absolute atomic E-state index is 11.1. The fourth-order valence-corrected chi connectivity index (χ4v) is 1.83. The first-order chi connectivity index (χ1) is 7.75. The summed E-state index contributed by atoms with van der Waals surface area (Å²) >= 11 is 0. The number of hydrogen-bond acceptors (Lipinski definition) is 3. The molecule has 1 heterocycles. The van der Waals surface area contributed by atoms with Crippen LogP contribution in [0.3, 0.4) is 0 Å². The number of nitrogens with one attached hydrogen (secondary N) is 1. The van der Waals surface area contributed by atoms with Gasteiger partial charge in [0.15, 0.2) is 5.78 Å². The maximum Gasteiger partial charge on any atom is 0.159 e. The molecule has 1 unspecified atom stereocenters. The Morgan fingerprint density at radius 3 is 2.75 bits per heavy atom. The highest BCUT2D eigenvalue weighted by molar-refractivity contribution is 5.94. The average Bonchev–Trinajstić information content (AvgIpc) is 2.80. The Bertz CT molecular complexity index is 353. The van der Waals surface area contributed by atoms with E-state index in [1.54, 1.807) is 6.92 Å². The average molecular weight is 219 g/mol. The molecule has 2 rings (SSSR count). The van der Waals surface area contributed by atoms with Crippen LogP contribution in [-0.2, 0) is 4.74 Å². The number of hydrogen-bond donors (Lipinski definition) is 1. The summed E-state index contributed by atoms with van der Waals surface area (Å²) in [5.74, 6) is 0.725. The van der Waals surface area contributed by atoms with Gasteiger partial charge in [-0.2, -0.15) is 0 Å². The molecule has 0 aromatic heterocycles. The smallest absolute Gasteiger partial charge is 0.159 e. The molecule has 1 aromatic carbocycles. The Kier molecular flexibility index (Phi) is 3.57. The highest BCUT2D eigenvalue weighted by Gasteiger charge is 2.14. The van der Waals surface area contributed by atoms with Crippen LogP contribution in [0.2, 0.25) is 0 Å². The van der Waals surface area contributed by atoms with Gasteiger partial charge in [-0.15, -0.1) is 0 Å². The van der Waals surface area contributed by atoms with Crippen molar-refractivity contribution in [2.24, 2.45) is 5.92 Å². The van der Waals surface area contributed by atoms with E-state index < -0.39 is 0 Å². The fraction of sp³-hybridized carbons (Fsp3) is 0.462. The molecule has 86 valence electrons. The van der Waals surface area contributed by atoms with E-state index in [4.69, 9.17) is 4.74 Å². The molecule has 0 bridgehead atoms. The summed E-state index contributed by atoms with van der Waals surface area (Å²) in [5, 5.41) is 3.36. The van der Waals surface area contributed by atoms with Gasteiger partial charge in [0.1, 0.15) is 0 Å². The molecule has 1 N–H and O–H groups in total. The van der Waals surface area contributed by atoms with E-state index >= 15 is 0 Å². The Morgan fingerprint density at radius 1 is 1.44 bits per heavy atom. The molecule has 1 atom stereocenters. The lowest BCUT2D eigenvalue weighted by molar-refractivity contribution is 0.101. The Labute approximate surface area is 95.8 Å². The van der Waals surface area contributed by atoms with E-state index in [-0.39, 0.29) is 5.78 Å². The van der Waals surface area contributed by atoms with E-state index in [2.05, 4.69) is 5.32 Å². The van der Waals surface area contributed by atoms with E-state index in [9.17, 15) is 4.79 Å². The molecule has 0 radical (unpaired) electrons. The molecule has 1 saturated heterocycles. The third-order valence-electron chi connectivity index (χ3n) is 2.91. The van der Waals surface area contributed by atoms with Crippen molar-refractivity contribution in [3.63, 3.8) is 0 Å². The second-order valence-corrected chi connectivity index (χ2v) is 4.24. The van der Waals surface area contributed by atoms with Crippen molar-refractivity contribution in [2.75, 3.05) is 25.1 Å². The number of ketones is 1. The summed E-state index contributed by atoms with van der Waals surface area (Å²) in [6, 6.07) is 7.62. The summed E-state index contributed by atoms with van der Waals surface area (Å²) < 4.78 is 5.31. The van der Waals surface area contributed by atoms with Gasteiger partial charge in [0.25, 0.3) is 0 Å². The van der Waals surface area contributed by atoms with Crippen LogP contribution in [0.1, 0.15) is 23.7 Å². The Hall–Kier alpha value is -1.35. The molecule has 0 amide bonds. The summed E-state index contributed by atoms with van der Waals surface area (Å²) in [6.45, 7) is 4.27. The van der Waals surface area contributed by atoms with Crippen LogP contribution in [0, 0.1) is 5.92 Å². The van der Waals surface area contributed by atoms with Gasteiger partial charge in [0.2, 0.25) is 0 Å². The van der Waals surface area contributed by atoms with Crippen LogP contribution in [0.25, 0.3) is 0 Å². The van der Waals surface area contributed by atoms with Gasteiger partial charge in [0.05, 0.1) is 6.61 Å². The first-order valence-corrected chi connectivity index (χ1v) is 5.68. The summed E-state index contributed by atoms with van der Waals surface area (Å²) in [5.41, 5.74) is 1.83. The number of anilines is 1. The van der Waals surface area contributed by atoms with Crippen LogP contribution in [0.15, 0.2) is 24.3 Å². The zero-order valence-corrected chi connectivity index (χ0v) is 9.53. The van der Waals surface area contributed by atoms with Gasteiger partial charge >= 0.3 is 0 Å². The Balaban J connectivity index is 1.87.